The number of fused-ring (bicyclic) bond motifs is 1. The second-order valence-electron chi connectivity index (χ2n) is 4.29. The Hall–Kier alpha value is -1.66. The van der Waals surface area contributed by atoms with Crippen LogP contribution in [0.15, 0.2) is 64.0 Å². The van der Waals surface area contributed by atoms with E-state index in [0.717, 1.165) is 5.39 Å². The van der Waals surface area contributed by atoms with Gasteiger partial charge < -0.3 is 4.52 Å². The van der Waals surface area contributed by atoms with Crippen molar-refractivity contribution in [3.05, 3.63) is 60.3 Å². The molecule has 3 aromatic rings. The highest BCUT2D eigenvalue weighted by molar-refractivity contribution is 9.10. The third-order valence-electron chi connectivity index (χ3n) is 3.01. The number of benzene rings is 2. The zero-order chi connectivity index (χ0) is 14.2. The minimum atomic E-state index is -3.06. The Balaban J connectivity index is 2.11. The van der Waals surface area contributed by atoms with Gasteiger partial charge in [-0.3, -0.25) is 0 Å². The van der Waals surface area contributed by atoms with Gasteiger partial charge in [-0.2, -0.15) is 0 Å². The first-order chi connectivity index (χ1) is 9.60. The lowest BCUT2D eigenvalue weighted by Gasteiger charge is -2.12. The van der Waals surface area contributed by atoms with Gasteiger partial charge in [0.1, 0.15) is 9.85 Å². The topological polar surface area (TPSA) is 67.0 Å². The summed E-state index contributed by atoms with van der Waals surface area (Å²) in [5.41, 5.74) is 1.11. The van der Waals surface area contributed by atoms with Gasteiger partial charge in [-0.15, -0.1) is 0 Å². The molecule has 0 aliphatic carbocycles. The van der Waals surface area contributed by atoms with Gasteiger partial charge in [-0.1, -0.05) is 51.4 Å². The molecule has 1 N–H and O–H groups in total. The smallest absolute Gasteiger partial charge is 0.167 e. The Kier molecular flexibility index (Phi) is 3.35. The summed E-state index contributed by atoms with van der Waals surface area (Å²) in [7, 11) is -3.06. The molecule has 2 atom stereocenters. The maximum absolute atomic E-state index is 12.8. The molecular formula is C14H11BrN2O2S. The van der Waals surface area contributed by atoms with E-state index in [0.29, 0.717) is 16.2 Å². The summed E-state index contributed by atoms with van der Waals surface area (Å²) < 4.78 is 25.5. The van der Waals surface area contributed by atoms with Crippen molar-refractivity contribution in [2.75, 3.05) is 0 Å². The minimum Gasteiger partial charge on any atom is -0.356 e. The van der Waals surface area contributed by atoms with E-state index < -0.39 is 13.9 Å². The highest BCUT2D eigenvalue weighted by Crippen LogP contribution is 2.37. The molecule has 20 heavy (non-hydrogen) atoms. The predicted octanol–water partition coefficient (Wildman–Crippen LogP) is 4.33. The summed E-state index contributed by atoms with van der Waals surface area (Å²) in [5.74, 6) is 0. The molecule has 0 fully saturated rings. The first-order valence-electron chi connectivity index (χ1n) is 5.92. The molecular weight excluding hydrogens is 340 g/mol. The second kappa shape index (κ2) is 5.03. The van der Waals surface area contributed by atoms with E-state index >= 15 is 0 Å². The molecule has 4 nitrogen and oxygen atoms in total. The number of halogens is 1. The Morgan fingerprint density at radius 1 is 1.10 bits per heavy atom. The maximum Gasteiger partial charge on any atom is 0.167 e. The number of alkyl halides is 1. The number of para-hydroxylation sites is 1. The van der Waals surface area contributed by atoms with Gasteiger partial charge in [-0.25, -0.2) is 8.99 Å². The van der Waals surface area contributed by atoms with E-state index in [9.17, 15) is 4.21 Å². The average Bonchev–Trinajstić information content (AvgIpc) is 2.91. The lowest BCUT2D eigenvalue weighted by atomic mass is 10.2. The van der Waals surface area contributed by atoms with E-state index in [1.165, 1.54) is 0 Å². The van der Waals surface area contributed by atoms with Crippen molar-refractivity contribution in [3.63, 3.8) is 0 Å². The Morgan fingerprint density at radius 2 is 1.75 bits per heavy atom. The second-order valence-corrected chi connectivity index (χ2v) is 7.96. The molecule has 1 aromatic heterocycles. The molecule has 0 saturated heterocycles. The van der Waals surface area contributed by atoms with Gasteiger partial charge in [0, 0.05) is 10.3 Å². The number of hydrogen-bond acceptors (Lipinski definition) is 4. The van der Waals surface area contributed by atoms with Crippen molar-refractivity contribution >= 4 is 36.6 Å². The van der Waals surface area contributed by atoms with E-state index in [4.69, 9.17) is 9.30 Å². The zero-order valence-electron chi connectivity index (χ0n) is 10.3. The first kappa shape index (κ1) is 13.3. The summed E-state index contributed by atoms with van der Waals surface area (Å²) in [6.45, 7) is 0. The summed E-state index contributed by atoms with van der Waals surface area (Å²) in [5, 5.41) is 4.73. The van der Waals surface area contributed by atoms with Crippen molar-refractivity contribution in [2.45, 2.75) is 9.05 Å². The number of rotatable bonds is 3. The van der Waals surface area contributed by atoms with Gasteiger partial charge in [0.15, 0.2) is 5.58 Å². The molecule has 2 unspecified atom stereocenters. The molecule has 0 radical (unpaired) electrons. The van der Waals surface area contributed by atoms with Crippen LogP contribution in [0.5, 0.6) is 0 Å². The molecule has 6 heteroatoms. The molecule has 0 bridgehead atoms. The van der Waals surface area contributed by atoms with Crippen molar-refractivity contribution in [1.29, 1.82) is 4.78 Å². The van der Waals surface area contributed by atoms with Crippen molar-refractivity contribution < 1.29 is 8.73 Å². The lowest BCUT2D eigenvalue weighted by Crippen LogP contribution is -2.07. The molecule has 0 aliphatic heterocycles. The van der Waals surface area contributed by atoms with Crippen LogP contribution in [0.4, 0.5) is 0 Å². The van der Waals surface area contributed by atoms with Gasteiger partial charge in [-0.05, 0) is 24.3 Å². The molecule has 2 aromatic carbocycles. The molecule has 102 valence electrons. The molecule has 0 amide bonds. The molecule has 0 spiro atoms. The van der Waals surface area contributed by atoms with Crippen LogP contribution in [0.25, 0.3) is 11.0 Å². The molecule has 1 heterocycles. The van der Waals surface area contributed by atoms with Gasteiger partial charge >= 0.3 is 0 Å². The standard InChI is InChI=1S/C14H11BrN2O2S/c15-14(20(16,18)10-6-2-1-3-7-10)13-11-8-4-5-9-12(11)19-17-13/h1-9,14,16H. The summed E-state index contributed by atoms with van der Waals surface area (Å²) in [4.78, 5) is 0.467. The number of hydrogen-bond donors (Lipinski definition) is 1. The van der Waals surface area contributed by atoms with E-state index in [1.807, 2.05) is 24.3 Å². The van der Waals surface area contributed by atoms with Crippen LogP contribution in [0.1, 0.15) is 9.85 Å². The maximum atomic E-state index is 12.8. The van der Waals surface area contributed by atoms with Gasteiger partial charge in [0.2, 0.25) is 0 Å². The van der Waals surface area contributed by atoms with Crippen LogP contribution in [0.3, 0.4) is 0 Å². The largest absolute Gasteiger partial charge is 0.356 e. The average molecular weight is 351 g/mol. The van der Waals surface area contributed by atoms with Crippen LogP contribution in [-0.4, -0.2) is 9.37 Å². The molecule has 3 rings (SSSR count). The highest BCUT2D eigenvalue weighted by Gasteiger charge is 2.27. The number of nitrogens with one attached hydrogen (secondary N) is 1. The monoisotopic (exact) mass is 350 g/mol. The first-order valence-corrected chi connectivity index (χ1v) is 8.45. The zero-order valence-corrected chi connectivity index (χ0v) is 12.7. The molecule has 0 aliphatic rings. The Morgan fingerprint density at radius 3 is 2.50 bits per heavy atom. The Labute approximate surface area is 124 Å². The third-order valence-corrected chi connectivity index (χ3v) is 6.80. The van der Waals surface area contributed by atoms with Crippen LogP contribution in [0, 0.1) is 4.78 Å². The summed E-state index contributed by atoms with van der Waals surface area (Å²) in [6, 6.07) is 16.1. The van der Waals surface area contributed by atoms with Crippen LogP contribution >= 0.6 is 15.9 Å². The minimum absolute atomic E-state index is 0.467. The lowest BCUT2D eigenvalue weighted by molar-refractivity contribution is 0.449. The van der Waals surface area contributed by atoms with Crippen LogP contribution in [-0.2, 0) is 9.73 Å². The van der Waals surface area contributed by atoms with Gasteiger partial charge in [0.25, 0.3) is 0 Å². The number of nitrogens with zero attached hydrogens (tertiary/aromatic N) is 1. The van der Waals surface area contributed by atoms with Crippen molar-refractivity contribution in [3.8, 4) is 0 Å². The van der Waals surface area contributed by atoms with Gasteiger partial charge in [0.05, 0.1) is 9.73 Å². The normalized spacial score (nSPS) is 15.8. The van der Waals surface area contributed by atoms with E-state index in [2.05, 4.69) is 21.1 Å². The van der Waals surface area contributed by atoms with Crippen LogP contribution < -0.4 is 0 Å². The Bertz CT molecular complexity index is 844. The fraction of sp³-hybridized carbons (Fsp3) is 0.0714. The van der Waals surface area contributed by atoms with Crippen molar-refractivity contribution in [1.82, 2.24) is 5.16 Å². The fourth-order valence-electron chi connectivity index (χ4n) is 1.97. The SMILES string of the molecule is N=S(=O)(c1ccccc1)C(Br)c1noc2ccccc12. The summed E-state index contributed by atoms with van der Waals surface area (Å²) >= 11 is 3.36. The highest BCUT2D eigenvalue weighted by atomic mass is 79.9. The van der Waals surface area contributed by atoms with Crippen LogP contribution in [0.2, 0.25) is 0 Å². The fourth-order valence-corrected chi connectivity index (χ4v) is 4.23. The van der Waals surface area contributed by atoms with E-state index in [1.54, 1.807) is 30.3 Å². The predicted molar refractivity (Wildman–Crippen MR) is 81.2 cm³/mol. The quantitative estimate of drug-likeness (QED) is 0.715. The summed E-state index contributed by atoms with van der Waals surface area (Å²) in [6.07, 6.45) is 0. The third kappa shape index (κ3) is 2.14. The number of aromatic nitrogens is 1. The molecule has 0 saturated carbocycles. The van der Waals surface area contributed by atoms with E-state index in [-0.39, 0.29) is 0 Å². The van der Waals surface area contributed by atoms with Crippen molar-refractivity contribution in [2.24, 2.45) is 0 Å².